The first kappa shape index (κ1) is 21.9. The van der Waals surface area contributed by atoms with Gasteiger partial charge in [-0.05, 0) is 49.7 Å². The molecule has 0 saturated carbocycles. The van der Waals surface area contributed by atoms with Crippen molar-refractivity contribution in [1.82, 2.24) is 10.6 Å². The van der Waals surface area contributed by atoms with Crippen molar-refractivity contribution in [2.24, 2.45) is 10.4 Å². The zero-order chi connectivity index (χ0) is 18.1. The molecule has 3 rings (SSSR count). The van der Waals surface area contributed by atoms with Crippen LogP contribution in [0.4, 0.5) is 0 Å². The Balaban J connectivity index is 0.00000243. The summed E-state index contributed by atoms with van der Waals surface area (Å²) in [6, 6.07) is 2.29. The maximum Gasteiger partial charge on any atom is 0.191 e. The molecule has 1 atom stereocenters. The van der Waals surface area contributed by atoms with Crippen LogP contribution in [0.15, 0.2) is 11.1 Å². The molecule has 1 aliphatic heterocycles. The molecule has 0 bridgehead atoms. The third kappa shape index (κ3) is 5.82. The van der Waals surface area contributed by atoms with Gasteiger partial charge in [-0.3, -0.25) is 0 Å². The van der Waals surface area contributed by atoms with Gasteiger partial charge in [-0.25, -0.2) is 13.4 Å². The molecule has 8 heteroatoms. The van der Waals surface area contributed by atoms with Crippen LogP contribution in [-0.2, 0) is 29.2 Å². The summed E-state index contributed by atoms with van der Waals surface area (Å²) in [4.78, 5) is 7.49. The summed E-state index contributed by atoms with van der Waals surface area (Å²) in [5.41, 5.74) is 1.89. The number of rotatable bonds is 4. The first-order valence-electron chi connectivity index (χ1n) is 9.12. The maximum atomic E-state index is 11.6. The first-order chi connectivity index (χ1) is 11.8. The van der Waals surface area contributed by atoms with Crippen molar-refractivity contribution in [2.75, 3.05) is 18.1 Å². The number of halogens is 1. The van der Waals surface area contributed by atoms with E-state index in [1.807, 2.05) is 18.3 Å². The molecular formula is C18H30IN3O2S2. The summed E-state index contributed by atoms with van der Waals surface area (Å²) in [6.07, 6.45) is 4.24. The fraction of sp³-hybridized carbons (Fsp3) is 0.722. The Hall–Kier alpha value is -0.350. The van der Waals surface area contributed by atoms with Crippen LogP contribution in [0.1, 0.15) is 48.9 Å². The normalized spacial score (nSPS) is 23.8. The van der Waals surface area contributed by atoms with E-state index >= 15 is 0 Å². The van der Waals surface area contributed by atoms with E-state index in [1.165, 1.54) is 28.2 Å². The lowest BCUT2D eigenvalue weighted by atomic mass is 9.77. The molecule has 2 aliphatic rings. The largest absolute Gasteiger partial charge is 0.357 e. The second kappa shape index (κ2) is 8.77. The van der Waals surface area contributed by atoms with Gasteiger partial charge in [0, 0.05) is 22.3 Å². The first-order valence-corrected chi connectivity index (χ1v) is 11.8. The van der Waals surface area contributed by atoms with Crippen molar-refractivity contribution in [3.8, 4) is 0 Å². The number of thiophene rings is 1. The van der Waals surface area contributed by atoms with Crippen molar-refractivity contribution in [3.05, 3.63) is 21.4 Å². The summed E-state index contributed by atoms with van der Waals surface area (Å²) >= 11 is 1.88. The molecule has 148 valence electrons. The van der Waals surface area contributed by atoms with Crippen molar-refractivity contribution >= 4 is 51.1 Å². The van der Waals surface area contributed by atoms with Crippen molar-refractivity contribution in [1.29, 1.82) is 0 Å². The maximum absolute atomic E-state index is 11.6. The molecule has 1 unspecified atom stereocenters. The quantitative estimate of drug-likeness (QED) is 0.370. The molecule has 0 aromatic carbocycles. The van der Waals surface area contributed by atoms with Gasteiger partial charge in [0.25, 0.3) is 0 Å². The van der Waals surface area contributed by atoms with Crippen molar-refractivity contribution in [3.63, 3.8) is 0 Å². The Kier molecular flexibility index (Phi) is 7.40. The van der Waals surface area contributed by atoms with E-state index in [9.17, 15) is 8.42 Å². The molecule has 2 heterocycles. The van der Waals surface area contributed by atoms with E-state index in [1.54, 1.807) is 0 Å². The van der Waals surface area contributed by atoms with Gasteiger partial charge in [-0.2, -0.15) is 0 Å². The highest BCUT2D eigenvalue weighted by atomic mass is 127. The number of aliphatic imine (C=N–C) groups is 1. The minimum Gasteiger partial charge on any atom is -0.357 e. The van der Waals surface area contributed by atoms with E-state index in [0.29, 0.717) is 18.4 Å². The average Bonchev–Trinajstić information content (AvgIpc) is 3.06. The van der Waals surface area contributed by atoms with Crippen LogP contribution in [0.5, 0.6) is 0 Å². The fourth-order valence-electron chi connectivity index (χ4n) is 3.60. The van der Waals surface area contributed by atoms with Gasteiger partial charge in [0.05, 0.1) is 18.1 Å². The Bertz CT molecular complexity index is 756. The standard InChI is InChI=1S/C18H29N3O2S2.HI/c1-4-19-17(21-14-6-8-25(22,23)12-14)20-11-15-9-13-10-18(2,3)7-5-16(13)24-15;/h9,14H,4-8,10-12H2,1-3H3,(H2,19,20,21);1H. The number of nitrogens with one attached hydrogen (secondary N) is 2. The van der Waals surface area contributed by atoms with Gasteiger partial charge in [-0.15, -0.1) is 35.3 Å². The van der Waals surface area contributed by atoms with Crippen molar-refractivity contribution < 1.29 is 8.42 Å². The van der Waals surface area contributed by atoms with Gasteiger partial charge in [0.15, 0.2) is 15.8 Å². The second-order valence-corrected chi connectivity index (χ2v) is 11.4. The van der Waals surface area contributed by atoms with Gasteiger partial charge in [-0.1, -0.05) is 13.8 Å². The SMILES string of the molecule is CCNC(=NCc1cc2c(s1)CCC(C)(C)C2)NC1CCS(=O)(=O)C1.I. The van der Waals surface area contributed by atoms with Crippen LogP contribution in [0, 0.1) is 5.41 Å². The highest BCUT2D eigenvalue weighted by Crippen LogP contribution is 2.38. The van der Waals surface area contributed by atoms with E-state index in [4.69, 9.17) is 0 Å². The number of aryl methyl sites for hydroxylation is 1. The summed E-state index contributed by atoms with van der Waals surface area (Å²) in [7, 11) is -2.88. The topological polar surface area (TPSA) is 70.6 Å². The number of hydrogen-bond donors (Lipinski definition) is 2. The second-order valence-electron chi connectivity index (χ2n) is 7.94. The molecule has 1 aromatic heterocycles. The molecule has 1 aromatic rings. The Morgan fingerprint density at radius 2 is 2.19 bits per heavy atom. The van der Waals surface area contributed by atoms with E-state index < -0.39 is 9.84 Å². The molecule has 5 nitrogen and oxygen atoms in total. The van der Waals surface area contributed by atoms with E-state index in [0.717, 1.165) is 18.9 Å². The van der Waals surface area contributed by atoms with Gasteiger partial charge < -0.3 is 10.6 Å². The lowest BCUT2D eigenvalue weighted by molar-refractivity contribution is 0.318. The molecular weight excluding hydrogens is 481 g/mol. The lowest BCUT2D eigenvalue weighted by Crippen LogP contribution is -2.44. The molecule has 0 amide bonds. The van der Waals surface area contributed by atoms with Crippen LogP contribution in [0.25, 0.3) is 0 Å². The summed E-state index contributed by atoms with van der Waals surface area (Å²) in [6.45, 7) is 8.12. The number of nitrogens with zero attached hydrogens (tertiary/aromatic N) is 1. The van der Waals surface area contributed by atoms with Gasteiger partial charge in [0.2, 0.25) is 0 Å². The summed E-state index contributed by atoms with van der Waals surface area (Å²) in [5, 5.41) is 6.51. The van der Waals surface area contributed by atoms with Gasteiger partial charge in [0.1, 0.15) is 0 Å². The predicted octanol–water partition coefficient (Wildman–Crippen LogP) is 3.12. The number of sulfone groups is 1. The monoisotopic (exact) mass is 511 g/mol. The number of hydrogen-bond acceptors (Lipinski definition) is 4. The summed E-state index contributed by atoms with van der Waals surface area (Å²) < 4.78 is 23.3. The molecule has 26 heavy (non-hydrogen) atoms. The zero-order valence-corrected chi connectivity index (χ0v) is 19.8. The Morgan fingerprint density at radius 1 is 1.42 bits per heavy atom. The van der Waals surface area contributed by atoms with E-state index in [-0.39, 0.29) is 41.5 Å². The van der Waals surface area contributed by atoms with Crippen LogP contribution < -0.4 is 10.6 Å². The third-order valence-corrected chi connectivity index (χ3v) is 7.95. The van der Waals surface area contributed by atoms with E-state index in [2.05, 4.69) is 35.5 Å². The lowest BCUT2D eigenvalue weighted by Gasteiger charge is -2.29. The Labute approximate surface area is 178 Å². The van der Waals surface area contributed by atoms with Crippen LogP contribution in [-0.4, -0.2) is 38.5 Å². The molecule has 1 saturated heterocycles. The smallest absolute Gasteiger partial charge is 0.191 e. The van der Waals surface area contributed by atoms with Crippen LogP contribution in [0.3, 0.4) is 0 Å². The molecule has 1 fully saturated rings. The molecule has 0 spiro atoms. The number of guanidine groups is 1. The predicted molar refractivity (Wildman–Crippen MR) is 121 cm³/mol. The fourth-order valence-corrected chi connectivity index (χ4v) is 6.39. The highest BCUT2D eigenvalue weighted by molar-refractivity contribution is 14.0. The zero-order valence-electron chi connectivity index (χ0n) is 15.8. The average molecular weight is 511 g/mol. The molecule has 0 radical (unpaired) electrons. The number of fused-ring (bicyclic) bond motifs is 1. The van der Waals surface area contributed by atoms with Crippen molar-refractivity contribution in [2.45, 2.75) is 59.0 Å². The van der Waals surface area contributed by atoms with Crippen LogP contribution in [0.2, 0.25) is 0 Å². The highest BCUT2D eigenvalue weighted by Gasteiger charge is 2.29. The molecule has 1 aliphatic carbocycles. The minimum absolute atomic E-state index is 0. The summed E-state index contributed by atoms with van der Waals surface area (Å²) in [5.74, 6) is 1.20. The van der Waals surface area contributed by atoms with Crippen LogP contribution >= 0.6 is 35.3 Å². The van der Waals surface area contributed by atoms with Gasteiger partial charge >= 0.3 is 0 Å². The third-order valence-electron chi connectivity index (χ3n) is 4.96. The Morgan fingerprint density at radius 3 is 2.85 bits per heavy atom. The molecule has 2 N–H and O–H groups in total. The minimum atomic E-state index is -2.88.